The molecule has 0 atom stereocenters. The van der Waals surface area contributed by atoms with E-state index in [0.717, 1.165) is 10.6 Å². The Hall–Kier alpha value is -3.48. The van der Waals surface area contributed by atoms with Crippen LogP contribution in [0, 0.1) is 5.82 Å². The first-order valence-electron chi connectivity index (χ1n) is 8.26. The molecular formula is C20H18FN3O3. The van der Waals surface area contributed by atoms with Crippen LogP contribution in [-0.2, 0) is 16.1 Å². The van der Waals surface area contributed by atoms with Crippen LogP contribution in [0.1, 0.15) is 11.1 Å². The zero-order chi connectivity index (χ0) is 19.6. The molecule has 1 aliphatic rings. The van der Waals surface area contributed by atoms with E-state index in [2.05, 4.69) is 5.32 Å². The molecule has 1 aliphatic heterocycles. The number of halogens is 1. The van der Waals surface area contributed by atoms with Crippen molar-refractivity contribution in [2.45, 2.75) is 6.54 Å². The number of amides is 4. The number of carbonyl (C=O) groups is 3. The average Bonchev–Trinajstić information content (AvgIpc) is 2.64. The molecule has 6 nitrogen and oxygen atoms in total. The highest BCUT2D eigenvalue weighted by molar-refractivity contribution is 6.30. The summed E-state index contributed by atoms with van der Waals surface area (Å²) in [4.78, 5) is 39.7. The third kappa shape index (κ3) is 4.03. The van der Waals surface area contributed by atoms with Gasteiger partial charge in [-0.25, -0.2) is 9.18 Å². The molecule has 4 amide bonds. The highest BCUT2D eigenvalue weighted by Crippen LogP contribution is 2.19. The van der Waals surface area contributed by atoms with Gasteiger partial charge in [0.25, 0.3) is 11.8 Å². The lowest BCUT2D eigenvalue weighted by molar-refractivity contribution is -0.130. The molecule has 0 radical (unpaired) electrons. The first-order valence-corrected chi connectivity index (χ1v) is 8.26. The zero-order valence-corrected chi connectivity index (χ0v) is 14.9. The Labute approximate surface area is 155 Å². The Bertz CT molecular complexity index is 918. The quantitative estimate of drug-likeness (QED) is 0.666. The Balaban J connectivity index is 1.86. The summed E-state index contributed by atoms with van der Waals surface area (Å²) in [6.45, 7) is -0.0604. The lowest BCUT2D eigenvalue weighted by Crippen LogP contribution is -2.53. The molecule has 2 aromatic carbocycles. The lowest BCUT2D eigenvalue weighted by Gasteiger charge is -2.26. The van der Waals surface area contributed by atoms with E-state index in [4.69, 9.17) is 0 Å². The van der Waals surface area contributed by atoms with Gasteiger partial charge in [0, 0.05) is 19.8 Å². The van der Waals surface area contributed by atoms with Gasteiger partial charge < -0.3 is 4.90 Å². The monoisotopic (exact) mass is 367 g/mol. The van der Waals surface area contributed by atoms with Crippen LogP contribution in [0.5, 0.6) is 0 Å². The second-order valence-electron chi connectivity index (χ2n) is 6.32. The van der Waals surface area contributed by atoms with Gasteiger partial charge in [-0.05, 0) is 41.5 Å². The molecule has 0 aromatic heterocycles. The predicted molar refractivity (Wildman–Crippen MR) is 99.2 cm³/mol. The van der Waals surface area contributed by atoms with Crippen molar-refractivity contribution >= 4 is 29.6 Å². The summed E-state index contributed by atoms with van der Waals surface area (Å²) in [5.41, 5.74) is 2.08. The Morgan fingerprint density at radius 1 is 1.00 bits per heavy atom. The fraction of sp³-hybridized carbons (Fsp3) is 0.150. The van der Waals surface area contributed by atoms with E-state index in [9.17, 15) is 18.8 Å². The number of nitrogens with zero attached hydrogens (tertiary/aromatic N) is 2. The molecule has 27 heavy (non-hydrogen) atoms. The van der Waals surface area contributed by atoms with Gasteiger partial charge in [0.2, 0.25) is 0 Å². The van der Waals surface area contributed by atoms with Crippen LogP contribution in [0.4, 0.5) is 14.9 Å². The summed E-state index contributed by atoms with van der Waals surface area (Å²) in [5.74, 6) is -1.84. The van der Waals surface area contributed by atoms with Crippen LogP contribution in [0.2, 0.25) is 0 Å². The van der Waals surface area contributed by atoms with Crippen molar-refractivity contribution in [3.8, 4) is 0 Å². The molecule has 1 saturated heterocycles. The van der Waals surface area contributed by atoms with Crippen LogP contribution < -0.4 is 10.2 Å². The fourth-order valence-corrected chi connectivity index (χ4v) is 2.65. The average molecular weight is 367 g/mol. The molecule has 0 bridgehead atoms. The van der Waals surface area contributed by atoms with E-state index >= 15 is 0 Å². The van der Waals surface area contributed by atoms with Crippen LogP contribution in [0.25, 0.3) is 6.08 Å². The van der Waals surface area contributed by atoms with Gasteiger partial charge in [-0.3, -0.25) is 19.8 Å². The van der Waals surface area contributed by atoms with Gasteiger partial charge in [0.1, 0.15) is 11.4 Å². The summed E-state index contributed by atoms with van der Waals surface area (Å²) in [6.07, 6.45) is 1.45. The predicted octanol–water partition coefficient (Wildman–Crippen LogP) is 2.55. The Kier molecular flexibility index (Phi) is 5.03. The van der Waals surface area contributed by atoms with Gasteiger partial charge in [-0.15, -0.1) is 0 Å². The number of anilines is 1. The summed E-state index contributed by atoms with van der Waals surface area (Å²) in [7, 11) is 3.81. The molecule has 0 saturated carbocycles. The molecule has 1 heterocycles. The second kappa shape index (κ2) is 7.41. The summed E-state index contributed by atoms with van der Waals surface area (Å²) in [5, 5.41) is 2.17. The maximum absolute atomic E-state index is 13.0. The Morgan fingerprint density at radius 2 is 1.63 bits per heavy atom. The van der Waals surface area contributed by atoms with Crippen LogP contribution >= 0.6 is 0 Å². The van der Waals surface area contributed by atoms with Crippen molar-refractivity contribution in [3.05, 3.63) is 71.0 Å². The maximum atomic E-state index is 13.0. The van der Waals surface area contributed by atoms with Gasteiger partial charge in [0.05, 0.1) is 6.54 Å². The van der Waals surface area contributed by atoms with Crippen LogP contribution in [0.3, 0.4) is 0 Å². The van der Waals surface area contributed by atoms with Gasteiger partial charge >= 0.3 is 6.03 Å². The minimum atomic E-state index is -0.797. The van der Waals surface area contributed by atoms with Crippen molar-refractivity contribution in [1.29, 1.82) is 0 Å². The molecule has 0 spiro atoms. The minimum Gasteiger partial charge on any atom is -0.378 e. The van der Waals surface area contributed by atoms with E-state index in [-0.39, 0.29) is 12.1 Å². The van der Waals surface area contributed by atoms with Crippen molar-refractivity contribution in [2.75, 3.05) is 19.0 Å². The lowest BCUT2D eigenvalue weighted by atomic mass is 10.1. The van der Waals surface area contributed by atoms with Crippen molar-refractivity contribution in [2.24, 2.45) is 0 Å². The number of nitrogens with one attached hydrogen (secondary N) is 1. The van der Waals surface area contributed by atoms with Gasteiger partial charge in [-0.1, -0.05) is 24.3 Å². The topological polar surface area (TPSA) is 69.7 Å². The molecule has 3 rings (SSSR count). The van der Waals surface area contributed by atoms with Crippen LogP contribution in [-0.4, -0.2) is 36.8 Å². The summed E-state index contributed by atoms with van der Waals surface area (Å²) >= 11 is 0. The number of carbonyl (C=O) groups excluding carboxylic acids is 3. The first-order chi connectivity index (χ1) is 12.8. The molecule has 138 valence electrons. The van der Waals surface area contributed by atoms with E-state index in [0.29, 0.717) is 11.1 Å². The molecule has 0 aliphatic carbocycles. The fourth-order valence-electron chi connectivity index (χ4n) is 2.65. The molecule has 2 aromatic rings. The first kappa shape index (κ1) is 18.3. The largest absolute Gasteiger partial charge is 0.378 e. The normalized spacial score (nSPS) is 15.9. The van der Waals surface area contributed by atoms with Crippen molar-refractivity contribution < 1.29 is 18.8 Å². The number of urea groups is 1. The number of hydrogen-bond donors (Lipinski definition) is 1. The number of imide groups is 2. The van der Waals surface area contributed by atoms with Gasteiger partial charge in [-0.2, -0.15) is 0 Å². The van der Waals surface area contributed by atoms with Crippen LogP contribution in [0.15, 0.2) is 54.1 Å². The third-order valence-corrected chi connectivity index (χ3v) is 4.16. The summed E-state index contributed by atoms with van der Waals surface area (Å²) in [6, 6.07) is 11.9. The Morgan fingerprint density at radius 3 is 2.22 bits per heavy atom. The SMILES string of the molecule is CN(C)c1ccc(C=C2C(=O)NC(=O)N(Cc3ccc(F)cc3)C2=O)cc1. The highest BCUT2D eigenvalue weighted by atomic mass is 19.1. The van der Waals surface area contributed by atoms with E-state index < -0.39 is 23.7 Å². The molecule has 0 unspecified atom stereocenters. The molecule has 1 fully saturated rings. The van der Waals surface area contributed by atoms with E-state index in [1.807, 2.05) is 31.1 Å². The molecule has 7 heteroatoms. The minimum absolute atomic E-state index is 0.0604. The molecular weight excluding hydrogens is 349 g/mol. The third-order valence-electron chi connectivity index (χ3n) is 4.16. The summed E-state index contributed by atoms with van der Waals surface area (Å²) < 4.78 is 13.0. The smallest absolute Gasteiger partial charge is 0.331 e. The maximum Gasteiger partial charge on any atom is 0.331 e. The van der Waals surface area contributed by atoms with Crippen molar-refractivity contribution in [1.82, 2.24) is 10.2 Å². The molecule has 1 N–H and O–H groups in total. The number of hydrogen-bond acceptors (Lipinski definition) is 4. The van der Waals surface area contributed by atoms with Crippen molar-refractivity contribution in [3.63, 3.8) is 0 Å². The van der Waals surface area contributed by atoms with Gasteiger partial charge in [0.15, 0.2) is 0 Å². The standard InChI is InChI=1S/C20H18FN3O3/c1-23(2)16-9-5-13(6-10-16)11-17-18(25)22-20(27)24(19(17)26)12-14-3-7-15(21)8-4-14/h3-11H,12H2,1-2H3,(H,22,25,27). The number of benzene rings is 2. The van der Waals surface area contributed by atoms with E-state index in [1.165, 1.54) is 30.3 Å². The van der Waals surface area contributed by atoms with E-state index in [1.54, 1.807) is 12.1 Å². The second-order valence-corrected chi connectivity index (χ2v) is 6.32. The zero-order valence-electron chi connectivity index (χ0n) is 14.9. The highest BCUT2D eigenvalue weighted by Gasteiger charge is 2.35. The number of rotatable bonds is 4. The number of barbiturate groups is 1.